The summed E-state index contributed by atoms with van der Waals surface area (Å²) >= 11 is 0. The minimum Gasteiger partial charge on any atom is -0.465 e. The normalized spacial score (nSPS) is 10.6. The zero-order chi connectivity index (χ0) is 23.5. The summed E-state index contributed by atoms with van der Waals surface area (Å²) in [7, 11) is 0. The fourth-order valence-electron chi connectivity index (χ4n) is 3.33. The van der Waals surface area contributed by atoms with E-state index in [0.717, 1.165) is 29.9 Å². The van der Waals surface area contributed by atoms with Gasteiger partial charge in [0.05, 0.1) is 12.5 Å². The molecule has 33 heavy (non-hydrogen) atoms. The molecule has 0 unspecified atom stereocenters. The van der Waals surface area contributed by atoms with E-state index in [1.807, 2.05) is 74.5 Å². The van der Waals surface area contributed by atoms with Crippen LogP contribution in [0, 0.1) is 5.92 Å². The van der Waals surface area contributed by atoms with Crippen molar-refractivity contribution in [2.24, 2.45) is 5.92 Å². The summed E-state index contributed by atoms with van der Waals surface area (Å²) in [5.74, 6) is -0.0321. The second kappa shape index (κ2) is 12.4. The van der Waals surface area contributed by atoms with Crippen LogP contribution in [0.4, 0.5) is 17.1 Å². The maximum Gasteiger partial charge on any atom is 0.311 e. The highest BCUT2D eigenvalue weighted by Gasteiger charge is 2.13. The molecule has 5 heteroatoms. The Kier molecular flexibility index (Phi) is 9.07. The molecule has 3 rings (SSSR count). The van der Waals surface area contributed by atoms with Crippen molar-refractivity contribution in [2.45, 2.75) is 39.5 Å². The lowest BCUT2D eigenvalue weighted by atomic mass is 10.2. The Morgan fingerprint density at radius 2 is 1.27 bits per heavy atom. The number of anilines is 3. The van der Waals surface area contributed by atoms with E-state index in [-0.39, 0.29) is 17.9 Å². The molecular weight excluding hydrogens is 414 g/mol. The summed E-state index contributed by atoms with van der Waals surface area (Å²) in [6.07, 6.45) is 2.59. The van der Waals surface area contributed by atoms with Crippen LogP contribution in [-0.2, 0) is 14.3 Å². The molecule has 0 fully saturated rings. The van der Waals surface area contributed by atoms with Crippen LogP contribution in [0.3, 0.4) is 0 Å². The van der Waals surface area contributed by atoms with Crippen molar-refractivity contribution in [2.75, 3.05) is 11.5 Å². The zero-order valence-corrected chi connectivity index (χ0v) is 19.3. The van der Waals surface area contributed by atoms with Crippen LogP contribution in [0.1, 0.15) is 39.5 Å². The van der Waals surface area contributed by atoms with Crippen molar-refractivity contribution < 1.29 is 19.1 Å². The molecule has 0 spiro atoms. The van der Waals surface area contributed by atoms with Crippen LogP contribution >= 0.6 is 0 Å². The summed E-state index contributed by atoms with van der Waals surface area (Å²) in [6.45, 7) is 4.02. The number of nitrogens with zero attached hydrogens (tertiary/aromatic N) is 1. The lowest BCUT2D eigenvalue weighted by Crippen LogP contribution is -2.12. The lowest BCUT2D eigenvalue weighted by molar-refractivity contribution is -0.147. The summed E-state index contributed by atoms with van der Waals surface area (Å²) in [6, 6.07) is 27.8. The Morgan fingerprint density at radius 1 is 0.727 bits per heavy atom. The van der Waals surface area contributed by atoms with Gasteiger partial charge in [-0.1, -0.05) is 50.2 Å². The molecule has 3 aromatic carbocycles. The number of unbranched alkanes of at least 4 members (excludes halogenated alkanes) is 2. The van der Waals surface area contributed by atoms with Gasteiger partial charge in [-0.3, -0.25) is 9.59 Å². The quantitative estimate of drug-likeness (QED) is 0.184. The maximum absolute atomic E-state index is 12.2. The van der Waals surface area contributed by atoms with E-state index in [1.54, 1.807) is 0 Å². The van der Waals surface area contributed by atoms with E-state index >= 15 is 0 Å². The number of esters is 2. The Bertz CT molecular complexity index is 962. The summed E-state index contributed by atoms with van der Waals surface area (Å²) in [5, 5.41) is 0. The molecule has 0 N–H and O–H groups in total. The number of para-hydroxylation sites is 2. The number of rotatable bonds is 11. The van der Waals surface area contributed by atoms with E-state index in [9.17, 15) is 9.59 Å². The molecular formula is C28H31NO4. The molecule has 0 saturated carbocycles. The average molecular weight is 446 g/mol. The molecule has 5 nitrogen and oxygen atoms in total. The third-order valence-corrected chi connectivity index (χ3v) is 5.10. The first-order chi connectivity index (χ1) is 16.0. The Morgan fingerprint density at radius 3 is 1.82 bits per heavy atom. The molecule has 0 aliphatic carbocycles. The van der Waals surface area contributed by atoms with Gasteiger partial charge < -0.3 is 14.4 Å². The first-order valence-electron chi connectivity index (χ1n) is 11.4. The van der Waals surface area contributed by atoms with Gasteiger partial charge in [0.2, 0.25) is 0 Å². The van der Waals surface area contributed by atoms with Crippen molar-refractivity contribution in [1.82, 2.24) is 0 Å². The Hall–Kier alpha value is -3.60. The summed E-state index contributed by atoms with van der Waals surface area (Å²) < 4.78 is 10.6. The number of hydrogen-bond acceptors (Lipinski definition) is 5. The summed E-state index contributed by atoms with van der Waals surface area (Å²) in [5.41, 5.74) is 3.07. The predicted molar refractivity (Wildman–Crippen MR) is 131 cm³/mol. The van der Waals surface area contributed by atoms with Gasteiger partial charge in [-0.05, 0) is 67.8 Å². The molecule has 0 atom stereocenters. The van der Waals surface area contributed by atoms with E-state index in [2.05, 4.69) is 29.2 Å². The minimum atomic E-state index is -0.259. The van der Waals surface area contributed by atoms with Crippen LogP contribution in [0.5, 0.6) is 5.75 Å². The molecule has 0 aliphatic heterocycles. The number of hydrogen-bond donors (Lipinski definition) is 0. The lowest BCUT2D eigenvalue weighted by Gasteiger charge is -2.25. The maximum atomic E-state index is 12.2. The van der Waals surface area contributed by atoms with Crippen LogP contribution in [0.25, 0.3) is 0 Å². The molecule has 0 aliphatic rings. The zero-order valence-electron chi connectivity index (χ0n) is 19.3. The van der Waals surface area contributed by atoms with Gasteiger partial charge in [0.1, 0.15) is 5.75 Å². The largest absolute Gasteiger partial charge is 0.465 e. The predicted octanol–water partition coefficient (Wildman–Crippen LogP) is 6.82. The molecule has 172 valence electrons. The van der Waals surface area contributed by atoms with Crippen molar-refractivity contribution in [3.8, 4) is 5.75 Å². The van der Waals surface area contributed by atoms with Gasteiger partial charge in [0, 0.05) is 23.5 Å². The van der Waals surface area contributed by atoms with Crippen molar-refractivity contribution >= 4 is 29.0 Å². The minimum absolute atomic E-state index is 0.112. The fourth-order valence-corrected chi connectivity index (χ4v) is 3.33. The molecule has 0 radical (unpaired) electrons. The molecule has 3 aromatic rings. The van der Waals surface area contributed by atoms with Crippen molar-refractivity contribution in [3.05, 3.63) is 84.9 Å². The second-order valence-corrected chi connectivity index (χ2v) is 8.11. The van der Waals surface area contributed by atoms with E-state index in [4.69, 9.17) is 9.47 Å². The molecule has 0 amide bonds. The highest BCUT2D eigenvalue weighted by atomic mass is 16.5. The molecule has 0 aromatic heterocycles. The van der Waals surface area contributed by atoms with Gasteiger partial charge in [-0.15, -0.1) is 0 Å². The standard InChI is InChI=1S/C28H31NO4/c1-22(2)28(31)32-21-11-5-10-16-27(30)33-26-19-17-25(18-20-26)29(23-12-6-3-7-13-23)24-14-8-4-9-15-24/h3-4,6-9,12-15,17-20,22H,5,10-11,16,21H2,1-2H3. The highest BCUT2D eigenvalue weighted by Crippen LogP contribution is 2.34. The van der Waals surface area contributed by atoms with Crippen LogP contribution < -0.4 is 9.64 Å². The molecule has 0 saturated heterocycles. The highest BCUT2D eigenvalue weighted by molar-refractivity contribution is 5.77. The number of ether oxygens (including phenoxy) is 2. The SMILES string of the molecule is CC(C)C(=O)OCCCCCC(=O)Oc1ccc(N(c2ccccc2)c2ccccc2)cc1. The van der Waals surface area contributed by atoms with Gasteiger partial charge in [0.25, 0.3) is 0 Å². The first-order valence-corrected chi connectivity index (χ1v) is 11.4. The van der Waals surface area contributed by atoms with E-state index < -0.39 is 0 Å². The van der Waals surface area contributed by atoms with E-state index in [1.165, 1.54) is 0 Å². The van der Waals surface area contributed by atoms with Gasteiger partial charge in [0.15, 0.2) is 0 Å². The topological polar surface area (TPSA) is 55.8 Å². The Balaban J connectivity index is 1.52. The van der Waals surface area contributed by atoms with Crippen LogP contribution in [-0.4, -0.2) is 18.5 Å². The third kappa shape index (κ3) is 7.49. The molecule has 0 heterocycles. The average Bonchev–Trinajstić information content (AvgIpc) is 2.83. The fraction of sp³-hybridized carbons (Fsp3) is 0.286. The molecule has 0 bridgehead atoms. The van der Waals surface area contributed by atoms with Crippen molar-refractivity contribution in [3.63, 3.8) is 0 Å². The second-order valence-electron chi connectivity index (χ2n) is 8.11. The van der Waals surface area contributed by atoms with Crippen LogP contribution in [0.15, 0.2) is 84.9 Å². The smallest absolute Gasteiger partial charge is 0.311 e. The monoisotopic (exact) mass is 445 g/mol. The van der Waals surface area contributed by atoms with E-state index in [0.29, 0.717) is 25.2 Å². The third-order valence-electron chi connectivity index (χ3n) is 5.10. The summed E-state index contributed by atoms with van der Waals surface area (Å²) in [4.78, 5) is 25.8. The van der Waals surface area contributed by atoms with Gasteiger partial charge in [-0.2, -0.15) is 0 Å². The number of benzene rings is 3. The number of carbonyl (C=O) groups is 2. The van der Waals surface area contributed by atoms with Crippen molar-refractivity contribution in [1.29, 1.82) is 0 Å². The Labute approximate surface area is 196 Å². The van der Waals surface area contributed by atoms with Gasteiger partial charge >= 0.3 is 11.9 Å². The first kappa shape index (κ1) is 24.1. The number of carbonyl (C=O) groups excluding carboxylic acids is 2. The van der Waals surface area contributed by atoms with Crippen LogP contribution in [0.2, 0.25) is 0 Å². The van der Waals surface area contributed by atoms with Gasteiger partial charge in [-0.25, -0.2) is 0 Å².